The molecule has 31 heavy (non-hydrogen) atoms. The molecule has 6 nitrogen and oxygen atoms in total. The summed E-state index contributed by atoms with van der Waals surface area (Å²) in [5.41, 5.74) is 2.31. The predicted molar refractivity (Wildman–Crippen MR) is 122 cm³/mol. The zero-order valence-electron chi connectivity index (χ0n) is 17.0. The van der Waals surface area contributed by atoms with Crippen LogP contribution in [0.3, 0.4) is 0 Å². The van der Waals surface area contributed by atoms with Gasteiger partial charge in [-0.2, -0.15) is 0 Å². The third kappa shape index (κ3) is 4.98. The Morgan fingerprint density at radius 2 is 1.74 bits per heavy atom. The Labute approximate surface area is 185 Å². The number of nitrogens with zero attached hydrogens (tertiary/aromatic N) is 2. The number of para-hydroxylation sites is 4. The van der Waals surface area contributed by atoms with Crippen molar-refractivity contribution in [2.75, 3.05) is 11.9 Å². The molecule has 0 saturated heterocycles. The van der Waals surface area contributed by atoms with Gasteiger partial charge in [-0.3, -0.25) is 4.79 Å². The maximum Gasteiger partial charge on any atom is 0.244 e. The standard InChI is InChI=1S/C24H22ClN3O3/c1-2-30-22-10-6-4-8-20(22)27-24(29)15-28-21-9-5-3-7-19(21)26-23(28)16-31-18-13-11-17(25)12-14-18/h3-14H,2,15-16H2,1H3,(H,27,29). The van der Waals surface area contributed by atoms with Gasteiger partial charge in [0.15, 0.2) is 0 Å². The molecule has 0 aliphatic carbocycles. The van der Waals surface area contributed by atoms with E-state index in [2.05, 4.69) is 10.3 Å². The van der Waals surface area contributed by atoms with E-state index in [1.807, 2.05) is 60.0 Å². The summed E-state index contributed by atoms with van der Waals surface area (Å²) in [6.45, 7) is 2.74. The maximum atomic E-state index is 12.9. The fourth-order valence-corrected chi connectivity index (χ4v) is 3.40. The molecule has 0 saturated carbocycles. The molecule has 0 bridgehead atoms. The van der Waals surface area contributed by atoms with E-state index < -0.39 is 0 Å². The molecule has 0 aliphatic heterocycles. The molecular formula is C24H22ClN3O3. The lowest BCUT2D eigenvalue weighted by atomic mass is 10.3. The van der Waals surface area contributed by atoms with E-state index >= 15 is 0 Å². The van der Waals surface area contributed by atoms with Gasteiger partial charge in [0, 0.05) is 5.02 Å². The van der Waals surface area contributed by atoms with Gasteiger partial charge < -0.3 is 19.4 Å². The van der Waals surface area contributed by atoms with Crippen LogP contribution < -0.4 is 14.8 Å². The van der Waals surface area contributed by atoms with Gasteiger partial charge in [0.1, 0.15) is 30.5 Å². The summed E-state index contributed by atoms with van der Waals surface area (Å²) in [4.78, 5) is 17.5. The van der Waals surface area contributed by atoms with Gasteiger partial charge in [-0.05, 0) is 55.5 Å². The topological polar surface area (TPSA) is 65.4 Å². The minimum Gasteiger partial charge on any atom is -0.492 e. The zero-order chi connectivity index (χ0) is 21.6. The molecule has 0 spiro atoms. The summed E-state index contributed by atoms with van der Waals surface area (Å²) >= 11 is 5.94. The first kappa shape index (κ1) is 20.8. The van der Waals surface area contributed by atoms with Crippen molar-refractivity contribution < 1.29 is 14.3 Å². The van der Waals surface area contributed by atoms with Gasteiger partial charge >= 0.3 is 0 Å². The quantitative estimate of drug-likeness (QED) is 0.407. The average molecular weight is 436 g/mol. The Balaban J connectivity index is 1.55. The number of amides is 1. The zero-order valence-corrected chi connectivity index (χ0v) is 17.8. The summed E-state index contributed by atoms with van der Waals surface area (Å²) in [6.07, 6.45) is 0. The molecule has 7 heteroatoms. The number of aromatic nitrogens is 2. The lowest BCUT2D eigenvalue weighted by molar-refractivity contribution is -0.116. The Morgan fingerprint density at radius 3 is 2.55 bits per heavy atom. The number of nitrogens with one attached hydrogen (secondary N) is 1. The van der Waals surface area contributed by atoms with Crippen molar-refractivity contribution in [3.8, 4) is 11.5 Å². The Morgan fingerprint density at radius 1 is 1.00 bits per heavy atom. The monoisotopic (exact) mass is 435 g/mol. The second kappa shape index (κ2) is 9.53. The highest BCUT2D eigenvalue weighted by Crippen LogP contribution is 2.24. The minimum absolute atomic E-state index is 0.0975. The molecule has 0 aliphatic rings. The maximum absolute atomic E-state index is 12.9. The van der Waals surface area contributed by atoms with E-state index in [0.717, 1.165) is 11.0 Å². The number of imidazole rings is 1. The number of benzene rings is 3. The molecule has 0 unspecified atom stereocenters. The molecule has 0 radical (unpaired) electrons. The van der Waals surface area contributed by atoms with Crippen LogP contribution in [0.2, 0.25) is 5.02 Å². The number of hydrogen-bond donors (Lipinski definition) is 1. The van der Waals surface area contributed by atoms with Crippen LogP contribution in [0.4, 0.5) is 5.69 Å². The molecule has 1 aromatic heterocycles. The van der Waals surface area contributed by atoms with Crippen molar-refractivity contribution >= 4 is 34.2 Å². The molecule has 3 aromatic carbocycles. The Hall–Kier alpha value is -3.51. The molecule has 1 heterocycles. The molecular weight excluding hydrogens is 414 g/mol. The summed E-state index contributed by atoms with van der Waals surface area (Å²) in [5.74, 6) is 1.80. The number of ether oxygens (including phenoxy) is 2. The van der Waals surface area contributed by atoms with Crippen molar-refractivity contribution in [1.82, 2.24) is 9.55 Å². The highest BCUT2D eigenvalue weighted by Gasteiger charge is 2.15. The highest BCUT2D eigenvalue weighted by atomic mass is 35.5. The summed E-state index contributed by atoms with van der Waals surface area (Å²) in [5, 5.41) is 3.58. The van der Waals surface area contributed by atoms with Crippen molar-refractivity contribution in [3.05, 3.63) is 83.6 Å². The van der Waals surface area contributed by atoms with Gasteiger partial charge in [0.25, 0.3) is 0 Å². The largest absolute Gasteiger partial charge is 0.492 e. The van der Waals surface area contributed by atoms with Gasteiger partial charge in [0.2, 0.25) is 5.91 Å². The van der Waals surface area contributed by atoms with Crippen LogP contribution in [0.25, 0.3) is 11.0 Å². The van der Waals surface area contributed by atoms with Crippen molar-refractivity contribution in [1.29, 1.82) is 0 Å². The smallest absolute Gasteiger partial charge is 0.244 e. The Bertz CT molecular complexity index is 1190. The molecule has 0 fully saturated rings. The SMILES string of the molecule is CCOc1ccccc1NC(=O)Cn1c(COc2ccc(Cl)cc2)nc2ccccc21. The van der Waals surface area contributed by atoms with Crippen LogP contribution in [0.5, 0.6) is 11.5 Å². The van der Waals surface area contributed by atoms with E-state index in [4.69, 9.17) is 21.1 Å². The number of carbonyl (C=O) groups is 1. The number of fused-ring (bicyclic) bond motifs is 1. The first-order valence-corrected chi connectivity index (χ1v) is 10.4. The van der Waals surface area contributed by atoms with Crippen molar-refractivity contribution in [2.45, 2.75) is 20.1 Å². The molecule has 1 N–H and O–H groups in total. The minimum atomic E-state index is -0.178. The van der Waals surface area contributed by atoms with Crippen LogP contribution in [0.15, 0.2) is 72.8 Å². The van der Waals surface area contributed by atoms with Gasteiger partial charge in [-0.25, -0.2) is 4.98 Å². The third-order valence-electron chi connectivity index (χ3n) is 4.68. The summed E-state index contributed by atoms with van der Waals surface area (Å²) < 4.78 is 13.3. The lowest BCUT2D eigenvalue weighted by Gasteiger charge is -2.13. The highest BCUT2D eigenvalue weighted by molar-refractivity contribution is 6.30. The van der Waals surface area contributed by atoms with E-state index in [9.17, 15) is 4.79 Å². The van der Waals surface area contributed by atoms with Crippen molar-refractivity contribution in [2.24, 2.45) is 0 Å². The fraction of sp³-hybridized carbons (Fsp3) is 0.167. The van der Waals surface area contributed by atoms with Crippen molar-refractivity contribution in [3.63, 3.8) is 0 Å². The van der Waals surface area contributed by atoms with Gasteiger partial charge in [-0.15, -0.1) is 0 Å². The molecule has 4 rings (SSSR count). The fourth-order valence-electron chi connectivity index (χ4n) is 3.28. The molecule has 0 atom stereocenters. The number of halogens is 1. The lowest BCUT2D eigenvalue weighted by Crippen LogP contribution is -2.21. The van der Waals surface area contributed by atoms with E-state index in [0.29, 0.717) is 34.6 Å². The summed E-state index contributed by atoms with van der Waals surface area (Å²) in [7, 11) is 0. The number of anilines is 1. The van der Waals surface area contributed by atoms with E-state index in [1.54, 1.807) is 24.3 Å². The molecule has 1 amide bonds. The van der Waals surface area contributed by atoms with Crippen LogP contribution in [0.1, 0.15) is 12.7 Å². The third-order valence-corrected chi connectivity index (χ3v) is 4.93. The molecule has 4 aromatic rings. The average Bonchev–Trinajstić information content (AvgIpc) is 3.12. The van der Waals surface area contributed by atoms with Crippen LogP contribution in [0, 0.1) is 0 Å². The van der Waals surface area contributed by atoms with Crippen LogP contribution in [-0.4, -0.2) is 22.1 Å². The van der Waals surface area contributed by atoms with E-state index in [1.165, 1.54) is 0 Å². The predicted octanol–water partition coefficient (Wildman–Crippen LogP) is 5.31. The first-order chi connectivity index (χ1) is 15.1. The number of carbonyl (C=O) groups excluding carboxylic acids is 1. The normalized spacial score (nSPS) is 10.8. The van der Waals surface area contributed by atoms with Gasteiger partial charge in [-0.1, -0.05) is 35.9 Å². The van der Waals surface area contributed by atoms with Crippen LogP contribution in [-0.2, 0) is 17.9 Å². The van der Waals surface area contributed by atoms with E-state index in [-0.39, 0.29) is 19.1 Å². The first-order valence-electron chi connectivity index (χ1n) is 9.98. The number of rotatable bonds is 8. The summed E-state index contributed by atoms with van der Waals surface area (Å²) in [6, 6.07) is 22.2. The van der Waals surface area contributed by atoms with Gasteiger partial charge in [0.05, 0.1) is 23.3 Å². The second-order valence-corrected chi connectivity index (χ2v) is 7.26. The second-order valence-electron chi connectivity index (χ2n) is 6.82. The number of hydrogen-bond acceptors (Lipinski definition) is 4. The van der Waals surface area contributed by atoms with Crippen LogP contribution >= 0.6 is 11.6 Å². The Kier molecular flexibility index (Phi) is 6.38. The molecule has 158 valence electrons.